The van der Waals surface area contributed by atoms with Crippen molar-refractivity contribution >= 4 is 15.9 Å². The van der Waals surface area contributed by atoms with Crippen LogP contribution in [-0.2, 0) is 14.8 Å². The molecule has 0 aromatic heterocycles. The van der Waals surface area contributed by atoms with Crippen molar-refractivity contribution in [1.29, 1.82) is 0 Å². The highest BCUT2D eigenvalue weighted by Gasteiger charge is 2.32. The van der Waals surface area contributed by atoms with E-state index in [0.717, 1.165) is 19.0 Å². The molecule has 1 aromatic carbocycles. The number of amides is 1. The lowest BCUT2D eigenvalue weighted by molar-refractivity contribution is -0.133. The van der Waals surface area contributed by atoms with Crippen LogP contribution >= 0.6 is 0 Å². The second-order valence-electron chi connectivity index (χ2n) is 6.20. The average molecular weight is 357 g/mol. The molecule has 1 amide bonds. The van der Waals surface area contributed by atoms with Crippen molar-refractivity contribution in [2.75, 3.05) is 26.2 Å². The maximum atomic E-state index is 13.8. The molecule has 24 heavy (non-hydrogen) atoms. The SMILES string of the molecule is CC(C)C(NS(=O)(=O)c1ccccc1F)C(=O)N1CCCNCC1. The van der Waals surface area contributed by atoms with E-state index >= 15 is 0 Å². The Labute approximate surface area is 142 Å². The molecule has 1 unspecified atom stereocenters. The first-order chi connectivity index (χ1) is 11.3. The largest absolute Gasteiger partial charge is 0.340 e. The number of sulfonamides is 1. The number of carbonyl (C=O) groups is 1. The van der Waals surface area contributed by atoms with Crippen molar-refractivity contribution < 1.29 is 17.6 Å². The minimum absolute atomic E-state index is 0.254. The van der Waals surface area contributed by atoms with Crippen molar-refractivity contribution in [1.82, 2.24) is 14.9 Å². The highest BCUT2D eigenvalue weighted by molar-refractivity contribution is 7.89. The van der Waals surface area contributed by atoms with Gasteiger partial charge in [0, 0.05) is 19.6 Å². The summed E-state index contributed by atoms with van der Waals surface area (Å²) in [6.07, 6.45) is 0.816. The number of hydrogen-bond donors (Lipinski definition) is 2. The summed E-state index contributed by atoms with van der Waals surface area (Å²) in [6, 6.07) is 4.22. The number of nitrogens with one attached hydrogen (secondary N) is 2. The van der Waals surface area contributed by atoms with Gasteiger partial charge in [-0.05, 0) is 31.0 Å². The number of nitrogens with zero attached hydrogens (tertiary/aromatic N) is 1. The smallest absolute Gasteiger partial charge is 0.244 e. The zero-order valence-electron chi connectivity index (χ0n) is 14.0. The lowest BCUT2D eigenvalue weighted by atomic mass is 10.0. The van der Waals surface area contributed by atoms with E-state index in [2.05, 4.69) is 10.0 Å². The molecule has 1 saturated heterocycles. The minimum atomic E-state index is -4.12. The number of halogens is 1. The van der Waals surface area contributed by atoms with E-state index in [1.54, 1.807) is 18.7 Å². The van der Waals surface area contributed by atoms with Crippen LogP contribution in [0, 0.1) is 11.7 Å². The molecule has 134 valence electrons. The van der Waals surface area contributed by atoms with Gasteiger partial charge in [-0.2, -0.15) is 4.72 Å². The Bertz CT molecular complexity index is 671. The zero-order valence-corrected chi connectivity index (χ0v) is 14.8. The zero-order chi connectivity index (χ0) is 17.7. The maximum absolute atomic E-state index is 13.8. The number of benzene rings is 1. The third-order valence-corrected chi connectivity index (χ3v) is 5.47. The molecule has 0 saturated carbocycles. The highest BCUT2D eigenvalue weighted by atomic mass is 32.2. The molecule has 1 aliphatic heterocycles. The van der Waals surface area contributed by atoms with E-state index < -0.39 is 26.8 Å². The summed E-state index contributed by atoms with van der Waals surface area (Å²) in [4.78, 5) is 14.0. The maximum Gasteiger partial charge on any atom is 0.244 e. The number of carbonyl (C=O) groups excluding carboxylic acids is 1. The Morgan fingerprint density at radius 3 is 2.62 bits per heavy atom. The Hall–Kier alpha value is -1.51. The van der Waals surface area contributed by atoms with Crippen LogP contribution in [0.5, 0.6) is 0 Å². The Morgan fingerprint density at radius 2 is 1.96 bits per heavy atom. The monoisotopic (exact) mass is 357 g/mol. The van der Waals surface area contributed by atoms with Gasteiger partial charge in [-0.25, -0.2) is 12.8 Å². The van der Waals surface area contributed by atoms with Crippen molar-refractivity contribution in [3.8, 4) is 0 Å². The summed E-state index contributed by atoms with van der Waals surface area (Å²) in [6.45, 7) is 6.15. The van der Waals surface area contributed by atoms with Gasteiger partial charge in [0.1, 0.15) is 16.8 Å². The normalized spacial score (nSPS) is 17.6. The quantitative estimate of drug-likeness (QED) is 0.822. The van der Waals surface area contributed by atoms with E-state index in [4.69, 9.17) is 0 Å². The molecule has 0 bridgehead atoms. The van der Waals surface area contributed by atoms with Gasteiger partial charge in [-0.1, -0.05) is 26.0 Å². The van der Waals surface area contributed by atoms with E-state index in [-0.39, 0.29) is 11.8 Å². The lowest BCUT2D eigenvalue weighted by Gasteiger charge is -2.28. The molecule has 1 atom stereocenters. The summed E-state index contributed by atoms with van der Waals surface area (Å²) in [5.74, 6) is -1.36. The van der Waals surface area contributed by atoms with Crippen molar-refractivity contribution in [3.63, 3.8) is 0 Å². The fourth-order valence-electron chi connectivity index (χ4n) is 2.63. The van der Waals surface area contributed by atoms with Crippen LogP contribution in [0.2, 0.25) is 0 Å². The Kier molecular flexibility index (Phi) is 6.31. The van der Waals surface area contributed by atoms with Crippen LogP contribution in [0.25, 0.3) is 0 Å². The minimum Gasteiger partial charge on any atom is -0.340 e. The van der Waals surface area contributed by atoms with Gasteiger partial charge >= 0.3 is 0 Å². The average Bonchev–Trinajstić information content (AvgIpc) is 2.81. The molecule has 8 heteroatoms. The molecule has 2 N–H and O–H groups in total. The third kappa shape index (κ3) is 4.52. The summed E-state index contributed by atoms with van der Waals surface area (Å²) in [5, 5.41) is 3.20. The summed E-state index contributed by atoms with van der Waals surface area (Å²) in [5.41, 5.74) is 0. The van der Waals surface area contributed by atoms with Crippen molar-refractivity contribution in [3.05, 3.63) is 30.1 Å². The van der Waals surface area contributed by atoms with Crippen molar-refractivity contribution in [2.24, 2.45) is 5.92 Å². The highest BCUT2D eigenvalue weighted by Crippen LogP contribution is 2.16. The van der Waals surface area contributed by atoms with Crippen LogP contribution in [0.1, 0.15) is 20.3 Å². The third-order valence-electron chi connectivity index (χ3n) is 3.99. The summed E-state index contributed by atoms with van der Waals surface area (Å²) >= 11 is 0. The van der Waals surface area contributed by atoms with Gasteiger partial charge in [0.15, 0.2) is 0 Å². The van der Waals surface area contributed by atoms with Crippen LogP contribution in [0.3, 0.4) is 0 Å². The van der Waals surface area contributed by atoms with Gasteiger partial charge in [0.05, 0.1) is 0 Å². The van der Waals surface area contributed by atoms with Gasteiger partial charge < -0.3 is 10.2 Å². The number of hydrogen-bond acceptors (Lipinski definition) is 4. The number of rotatable bonds is 5. The van der Waals surface area contributed by atoms with E-state index in [0.29, 0.717) is 19.6 Å². The molecule has 1 heterocycles. The van der Waals surface area contributed by atoms with E-state index in [1.807, 2.05) is 0 Å². The first-order valence-electron chi connectivity index (χ1n) is 8.09. The predicted octanol–water partition coefficient (Wildman–Crippen LogP) is 0.951. The van der Waals surface area contributed by atoms with Crippen molar-refractivity contribution in [2.45, 2.75) is 31.2 Å². The first kappa shape index (κ1) is 18.8. The molecule has 0 aliphatic carbocycles. The molecule has 1 fully saturated rings. The van der Waals surface area contributed by atoms with Crippen LogP contribution < -0.4 is 10.0 Å². The standard InChI is InChI=1S/C16H24FN3O3S/c1-12(2)15(16(21)20-10-5-8-18-9-11-20)19-24(22,23)14-7-4-3-6-13(14)17/h3-4,6-7,12,15,18-19H,5,8-11H2,1-2H3. The molecule has 1 aromatic rings. The summed E-state index contributed by atoms with van der Waals surface area (Å²) in [7, 11) is -4.12. The second-order valence-corrected chi connectivity index (χ2v) is 7.88. The summed E-state index contributed by atoms with van der Waals surface area (Å²) < 4.78 is 41.2. The predicted molar refractivity (Wildman–Crippen MR) is 89.4 cm³/mol. The molecule has 6 nitrogen and oxygen atoms in total. The molecule has 1 aliphatic rings. The van der Waals surface area contributed by atoms with Crippen LogP contribution in [0.4, 0.5) is 4.39 Å². The Balaban J connectivity index is 2.21. The van der Waals surface area contributed by atoms with Gasteiger partial charge in [0.2, 0.25) is 15.9 Å². The van der Waals surface area contributed by atoms with Crippen LogP contribution in [0.15, 0.2) is 29.2 Å². The Morgan fingerprint density at radius 1 is 1.25 bits per heavy atom. The van der Waals surface area contributed by atoms with E-state index in [1.165, 1.54) is 18.2 Å². The van der Waals surface area contributed by atoms with Gasteiger partial charge in [0.25, 0.3) is 0 Å². The second kappa shape index (κ2) is 8.04. The molecular weight excluding hydrogens is 333 g/mol. The lowest BCUT2D eigenvalue weighted by Crippen LogP contribution is -2.51. The van der Waals surface area contributed by atoms with Gasteiger partial charge in [-0.15, -0.1) is 0 Å². The molecular formula is C16H24FN3O3S. The fourth-order valence-corrected chi connectivity index (χ4v) is 4.04. The fraction of sp³-hybridized carbons (Fsp3) is 0.562. The van der Waals surface area contributed by atoms with Crippen LogP contribution in [-0.4, -0.2) is 51.4 Å². The molecule has 2 rings (SSSR count). The first-order valence-corrected chi connectivity index (χ1v) is 9.57. The van der Waals surface area contributed by atoms with E-state index in [9.17, 15) is 17.6 Å². The molecule has 0 spiro atoms. The topological polar surface area (TPSA) is 78.5 Å². The molecule has 0 radical (unpaired) electrons. The van der Waals surface area contributed by atoms with Gasteiger partial charge in [-0.3, -0.25) is 4.79 Å².